The number of carbonyl (C=O) groups is 1. The molecule has 1 rings (SSSR count). The van der Waals surface area contributed by atoms with Gasteiger partial charge in [0.15, 0.2) is 0 Å². The Morgan fingerprint density at radius 3 is 2.41 bits per heavy atom. The molecule has 0 amide bonds. The Morgan fingerprint density at radius 1 is 1.12 bits per heavy atom. The van der Waals surface area contributed by atoms with Crippen molar-refractivity contribution in [1.29, 1.82) is 0 Å². The normalized spacial score (nSPS) is 18.4. The van der Waals surface area contributed by atoms with Gasteiger partial charge in [0.2, 0.25) is 0 Å². The van der Waals surface area contributed by atoms with Gasteiger partial charge in [0.25, 0.3) is 0 Å². The Labute approximate surface area is 105 Å². The smallest absolute Gasteiger partial charge is 0.317 e. The molecule has 2 heteroatoms. The summed E-state index contributed by atoms with van der Waals surface area (Å²) in [4.78, 5) is 11.5. The summed E-state index contributed by atoms with van der Waals surface area (Å²) in [6.07, 6.45) is 8.97. The number of carbonyl (C=O) groups excluding carboxylic acids is 1. The second kappa shape index (κ2) is 7.52. The molecule has 0 spiro atoms. The first-order chi connectivity index (χ1) is 8.22. The van der Waals surface area contributed by atoms with E-state index >= 15 is 0 Å². The zero-order valence-electron chi connectivity index (χ0n) is 11.6. The predicted octanol–water partition coefficient (Wildman–Crippen LogP) is 4.25. The van der Waals surface area contributed by atoms with E-state index in [0.29, 0.717) is 6.61 Å². The van der Waals surface area contributed by atoms with E-state index in [1.54, 1.807) is 0 Å². The largest absolute Gasteiger partial charge is 0.465 e. The molecule has 0 aromatic rings. The highest BCUT2D eigenvalue weighted by Crippen LogP contribution is 2.43. The van der Waals surface area contributed by atoms with Crippen LogP contribution < -0.4 is 0 Å². The van der Waals surface area contributed by atoms with Crippen molar-refractivity contribution in [3.63, 3.8) is 0 Å². The van der Waals surface area contributed by atoms with Gasteiger partial charge in [-0.15, -0.1) is 0 Å². The van der Waals surface area contributed by atoms with Crippen LogP contribution >= 0.6 is 0 Å². The first-order valence-corrected chi connectivity index (χ1v) is 7.08. The van der Waals surface area contributed by atoms with Gasteiger partial charge < -0.3 is 4.74 Å². The van der Waals surface area contributed by atoms with Crippen LogP contribution in [0.25, 0.3) is 0 Å². The monoisotopic (exact) mass is 238 g/mol. The summed E-state index contributed by atoms with van der Waals surface area (Å²) in [5.74, 6) is 0.0107. The van der Waals surface area contributed by atoms with Crippen LogP contribution in [0.15, 0.2) is 11.1 Å². The molecule has 98 valence electrons. The Kier molecular flexibility index (Phi) is 6.31. The van der Waals surface area contributed by atoms with E-state index < -0.39 is 0 Å². The fourth-order valence-corrected chi connectivity index (χ4v) is 2.37. The summed E-state index contributed by atoms with van der Waals surface area (Å²) in [7, 11) is 0. The van der Waals surface area contributed by atoms with Crippen LogP contribution in [0.5, 0.6) is 0 Å². The van der Waals surface area contributed by atoms with Crippen LogP contribution in [-0.4, -0.2) is 12.6 Å². The molecular formula is C15H26O2. The second-order valence-corrected chi connectivity index (χ2v) is 4.91. The molecule has 2 nitrogen and oxygen atoms in total. The first kappa shape index (κ1) is 14.3. The number of unbranched alkanes of at least 4 members (excludes halogenated alkanes) is 5. The standard InChI is InChI=1S/C15H26O2/c1-4-6-7-8-9-10-11-13-12(3)14(13)15(16)17-5-2/h14H,4-11H2,1-3H3/t14-/m1/s1. The first-order valence-electron chi connectivity index (χ1n) is 7.08. The number of hydrogen-bond donors (Lipinski definition) is 0. The SMILES string of the molecule is CCCCCCCCC1=C(C)[C@H]1C(=O)OCC. The second-order valence-electron chi connectivity index (χ2n) is 4.91. The molecule has 0 saturated heterocycles. The van der Waals surface area contributed by atoms with Gasteiger partial charge in [-0.25, -0.2) is 0 Å². The van der Waals surface area contributed by atoms with E-state index in [0.717, 1.165) is 6.42 Å². The molecule has 0 aromatic heterocycles. The molecule has 1 atom stereocenters. The summed E-state index contributed by atoms with van der Waals surface area (Å²) in [5, 5.41) is 0. The topological polar surface area (TPSA) is 26.3 Å². The van der Waals surface area contributed by atoms with Crippen LogP contribution in [0.4, 0.5) is 0 Å². The molecule has 0 radical (unpaired) electrons. The lowest BCUT2D eigenvalue weighted by Gasteiger charge is -2.02. The highest BCUT2D eigenvalue weighted by molar-refractivity contribution is 5.85. The molecule has 0 heterocycles. The van der Waals surface area contributed by atoms with E-state index in [9.17, 15) is 4.79 Å². The number of rotatable bonds is 9. The van der Waals surface area contributed by atoms with E-state index in [1.165, 1.54) is 49.7 Å². The maximum absolute atomic E-state index is 11.5. The highest BCUT2D eigenvalue weighted by Gasteiger charge is 2.39. The number of ether oxygens (including phenoxy) is 1. The Bertz CT molecular complexity index is 279. The fraction of sp³-hybridized carbons (Fsp3) is 0.800. The molecule has 0 fully saturated rings. The zero-order valence-corrected chi connectivity index (χ0v) is 11.6. The average Bonchev–Trinajstić information content (AvgIpc) is 2.95. The lowest BCUT2D eigenvalue weighted by atomic mass is 10.1. The van der Waals surface area contributed by atoms with Crippen molar-refractivity contribution < 1.29 is 9.53 Å². The van der Waals surface area contributed by atoms with E-state index in [-0.39, 0.29) is 11.9 Å². The number of hydrogen-bond acceptors (Lipinski definition) is 2. The van der Waals surface area contributed by atoms with Gasteiger partial charge in [0, 0.05) is 0 Å². The lowest BCUT2D eigenvalue weighted by molar-refractivity contribution is -0.144. The third-order valence-corrected chi connectivity index (χ3v) is 3.53. The van der Waals surface area contributed by atoms with Crippen LogP contribution in [0, 0.1) is 5.92 Å². The van der Waals surface area contributed by atoms with Crippen molar-refractivity contribution in [3.05, 3.63) is 11.1 Å². The van der Waals surface area contributed by atoms with Crippen molar-refractivity contribution in [2.45, 2.75) is 65.7 Å². The van der Waals surface area contributed by atoms with Gasteiger partial charge in [-0.2, -0.15) is 0 Å². The minimum Gasteiger partial charge on any atom is -0.465 e. The Morgan fingerprint density at radius 2 is 1.76 bits per heavy atom. The maximum Gasteiger partial charge on any atom is 0.317 e. The van der Waals surface area contributed by atoms with Gasteiger partial charge in [-0.05, 0) is 26.7 Å². The van der Waals surface area contributed by atoms with Crippen LogP contribution in [-0.2, 0) is 9.53 Å². The summed E-state index contributed by atoms with van der Waals surface area (Å²) >= 11 is 0. The van der Waals surface area contributed by atoms with Gasteiger partial charge in [0.05, 0.1) is 12.5 Å². The molecule has 0 saturated carbocycles. The summed E-state index contributed by atoms with van der Waals surface area (Å²) in [6, 6.07) is 0. The van der Waals surface area contributed by atoms with Crippen molar-refractivity contribution in [2.75, 3.05) is 6.61 Å². The van der Waals surface area contributed by atoms with Crippen molar-refractivity contribution in [1.82, 2.24) is 0 Å². The van der Waals surface area contributed by atoms with Gasteiger partial charge >= 0.3 is 5.97 Å². The van der Waals surface area contributed by atoms with Crippen molar-refractivity contribution >= 4 is 5.97 Å². The predicted molar refractivity (Wildman–Crippen MR) is 70.8 cm³/mol. The highest BCUT2D eigenvalue weighted by atomic mass is 16.5. The van der Waals surface area contributed by atoms with Crippen molar-refractivity contribution in [2.24, 2.45) is 5.92 Å². The molecule has 0 unspecified atom stereocenters. The molecule has 0 aliphatic heterocycles. The molecule has 0 N–H and O–H groups in total. The third kappa shape index (κ3) is 4.53. The molecular weight excluding hydrogens is 212 g/mol. The van der Waals surface area contributed by atoms with E-state index in [1.807, 2.05) is 6.92 Å². The minimum atomic E-state index is -0.0361. The van der Waals surface area contributed by atoms with E-state index in [4.69, 9.17) is 4.74 Å². The van der Waals surface area contributed by atoms with Gasteiger partial charge in [0.1, 0.15) is 0 Å². The van der Waals surface area contributed by atoms with E-state index in [2.05, 4.69) is 13.8 Å². The number of esters is 1. The van der Waals surface area contributed by atoms with Crippen LogP contribution in [0.1, 0.15) is 65.7 Å². The summed E-state index contributed by atoms with van der Waals surface area (Å²) in [6.45, 7) is 6.66. The Hall–Kier alpha value is -0.790. The Balaban J connectivity index is 2.07. The molecule has 0 aromatic carbocycles. The average molecular weight is 238 g/mol. The quantitative estimate of drug-likeness (QED) is 0.341. The molecule has 0 bridgehead atoms. The summed E-state index contributed by atoms with van der Waals surface area (Å²) < 4.78 is 5.05. The van der Waals surface area contributed by atoms with Gasteiger partial charge in [-0.3, -0.25) is 4.79 Å². The van der Waals surface area contributed by atoms with Crippen molar-refractivity contribution in [3.8, 4) is 0 Å². The third-order valence-electron chi connectivity index (χ3n) is 3.53. The van der Waals surface area contributed by atoms with Crippen LogP contribution in [0.2, 0.25) is 0 Å². The zero-order chi connectivity index (χ0) is 12.7. The lowest BCUT2D eigenvalue weighted by Crippen LogP contribution is -2.09. The maximum atomic E-state index is 11.5. The molecule has 1 aliphatic carbocycles. The molecule has 1 aliphatic rings. The van der Waals surface area contributed by atoms with Gasteiger partial charge in [-0.1, -0.05) is 50.2 Å². The summed E-state index contributed by atoms with van der Waals surface area (Å²) in [5.41, 5.74) is 2.61. The van der Waals surface area contributed by atoms with Crippen LogP contribution in [0.3, 0.4) is 0 Å². The fourth-order valence-electron chi connectivity index (χ4n) is 2.37. The molecule has 17 heavy (non-hydrogen) atoms. The minimum absolute atomic E-state index is 0.0361.